The van der Waals surface area contributed by atoms with Crippen LogP contribution in [-0.4, -0.2) is 23.9 Å². The summed E-state index contributed by atoms with van der Waals surface area (Å²) in [6.45, 7) is 4.83. The molecule has 24 heavy (non-hydrogen) atoms. The van der Waals surface area contributed by atoms with Crippen molar-refractivity contribution in [1.29, 1.82) is 0 Å². The Bertz CT molecular complexity index is 886. The molecule has 0 N–H and O–H groups in total. The number of carbonyl (C=O) groups excluding carboxylic acids is 1. The average molecular weight is 344 g/mol. The van der Waals surface area contributed by atoms with Crippen molar-refractivity contribution in [2.75, 3.05) is 13.2 Å². The molecule has 0 fully saturated rings. The highest BCUT2D eigenvalue weighted by Crippen LogP contribution is 2.40. The predicted octanol–water partition coefficient (Wildman–Crippen LogP) is 4.87. The topological polar surface area (TPSA) is 39.9 Å². The summed E-state index contributed by atoms with van der Waals surface area (Å²) in [7, 11) is 0. The van der Waals surface area contributed by atoms with E-state index in [1.54, 1.807) is 12.1 Å². The monoisotopic (exact) mass is 343 g/mol. The average Bonchev–Trinajstić information content (AvgIpc) is 2.96. The van der Waals surface area contributed by atoms with Crippen LogP contribution in [-0.2, 0) is 0 Å². The predicted molar refractivity (Wildman–Crippen MR) is 95.6 cm³/mol. The number of benzene rings is 1. The second-order valence-electron chi connectivity index (χ2n) is 5.20. The Labute approximate surface area is 145 Å². The lowest BCUT2D eigenvalue weighted by atomic mass is 10.0. The van der Waals surface area contributed by atoms with Crippen molar-refractivity contribution >= 4 is 23.4 Å². The summed E-state index contributed by atoms with van der Waals surface area (Å²) in [4.78, 5) is 11.7. The van der Waals surface area contributed by atoms with Gasteiger partial charge in [0.25, 0.3) is 0 Å². The van der Waals surface area contributed by atoms with Gasteiger partial charge in [0.05, 0.1) is 23.9 Å². The van der Waals surface area contributed by atoms with Crippen molar-refractivity contribution in [2.24, 2.45) is 0 Å². The second kappa shape index (κ2) is 6.97. The number of aldehydes is 1. The van der Waals surface area contributed by atoms with Crippen LogP contribution in [0.5, 0.6) is 11.5 Å². The van der Waals surface area contributed by atoms with Gasteiger partial charge in [-0.15, -0.1) is 0 Å². The zero-order valence-electron chi connectivity index (χ0n) is 13.6. The minimum absolute atomic E-state index is 0.488. The third-order valence-electron chi connectivity index (χ3n) is 3.75. The molecule has 0 bridgehead atoms. The summed E-state index contributed by atoms with van der Waals surface area (Å²) < 4.78 is 13.2. The molecule has 124 valence electrons. The molecule has 0 amide bonds. The molecular weight excluding hydrogens is 326 g/mol. The first-order valence-corrected chi connectivity index (χ1v) is 8.22. The normalized spacial score (nSPS) is 10.8. The first-order valence-electron chi connectivity index (χ1n) is 7.84. The highest BCUT2D eigenvalue weighted by atomic mass is 35.5. The molecular formula is C19H18ClNO3. The summed E-state index contributed by atoms with van der Waals surface area (Å²) >= 11 is 6.35. The zero-order chi connectivity index (χ0) is 17.1. The Morgan fingerprint density at radius 1 is 1.04 bits per heavy atom. The number of nitrogens with zero attached hydrogens (tertiary/aromatic N) is 1. The summed E-state index contributed by atoms with van der Waals surface area (Å²) in [5.74, 6) is 1.21. The molecule has 0 aliphatic rings. The number of fused-ring (bicyclic) bond motifs is 1. The summed E-state index contributed by atoms with van der Waals surface area (Å²) in [5.41, 5.74) is 3.05. The number of carbonyl (C=O) groups is 1. The van der Waals surface area contributed by atoms with E-state index in [0.717, 1.165) is 22.9 Å². The van der Waals surface area contributed by atoms with Crippen molar-refractivity contribution in [2.45, 2.75) is 13.8 Å². The first-order chi connectivity index (χ1) is 11.7. The molecule has 0 saturated heterocycles. The number of ether oxygens (including phenoxy) is 2. The van der Waals surface area contributed by atoms with Crippen LogP contribution in [0.4, 0.5) is 0 Å². The molecule has 0 aliphatic heterocycles. The minimum Gasteiger partial charge on any atom is -0.493 e. The molecule has 2 heterocycles. The summed E-state index contributed by atoms with van der Waals surface area (Å²) in [6.07, 6.45) is 2.71. The third-order valence-corrected chi connectivity index (χ3v) is 4.05. The maximum absolute atomic E-state index is 11.7. The Morgan fingerprint density at radius 2 is 1.79 bits per heavy atom. The van der Waals surface area contributed by atoms with Gasteiger partial charge in [-0.2, -0.15) is 0 Å². The van der Waals surface area contributed by atoms with E-state index in [4.69, 9.17) is 21.1 Å². The van der Waals surface area contributed by atoms with Crippen molar-refractivity contribution < 1.29 is 14.3 Å². The van der Waals surface area contributed by atoms with E-state index in [9.17, 15) is 4.79 Å². The molecule has 4 nitrogen and oxygen atoms in total. The lowest BCUT2D eigenvalue weighted by Gasteiger charge is -2.14. The van der Waals surface area contributed by atoms with Crippen LogP contribution >= 0.6 is 11.6 Å². The quantitative estimate of drug-likeness (QED) is 0.599. The van der Waals surface area contributed by atoms with Crippen LogP contribution in [0.25, 0.3) is 16.6 Å². The summed E-state index contributed by atoms with van der Waals surface area (Å²) in [6, 6.07) is 11.3. The van der Waals surface area contributed by atoms with Gasteiger partial charge in [0.1, 0.15) is 11.5 Å². The molecule has 0 spiro atoms. The molecule has 0 unspecified atom stereocenters. The van der Waals surface area contributed by atoms with E-state index < -0.39 is 0 Å². The van der Waals surface area contributed by atoms with Crippen molar-refractivity contribution in [3.8, 4) is 22.6 Å². The van der Waals surface area contributed by atoms with Gasteiger partial charge in [-0.3, -0.25) is 4.79 Å². The van der Waals surface area contributed by atoms with E-state index in [1.807, 2.05) is 48.7 Å². The van der Waals surface area contributed by atoms with Gasteiger partial charge in [-0.1, -0.05) is 17.7 Å². The third kappa shape index (κ3) is 2.85. The molecule has 3 rings (SSSR count). The number of aromatic nitrogens is 1. The number of pyridine rings is 1. The van der Waals surface area contributed by atoms with E-state index in [-0.39, 0.29) is 0 Å². The van der Waals surface area contributed by atoms with E-state index in [2.05, 4.69) is 0 Å². The van der Waals surface area contributed by atoms with E-state index in [1.165, 1.54) is 0 Å². The SMILES string of the molecule is CCOc1cc(OCC)c(-c2cc3ccccn3c2C=O)cc1Cl. The Morgan fingerprint density at radius 3 is 2.50 bits per heavy atom. The van der Waals surface area contributed by atoms with Gasteiger partial charge in [-0.05, 0) is 38.1 Å². The van der Waals surface area contributed by atoms with Crippen LogP contribution in [0.2, 0.25) is 5.02 Å². The summed E-state index contributed by atoms with van der Waals surface area (Å²) in [5, 5.41) is 0.488. The van der Waals surface area contributed by atoms with Gasteiger partial charge in [-0.25, -0.2) is 0 Å². The second-order valence-corrected chi connectivity index (χ2v) is 5.61. The number of halogens is 1. The fourth-order valence-corrected chi connectivity index (χ4v) is 2.99. The van der Waals surface area contributed by atoms with Gasteiger partial charge in [0.15, 0.2) is 6.29 Å². The maximum atomic E-state index is 11.7. The number of hydrogen-bond donors (Lipinski definition) is 0. The van der Waals surface area contributed by atoms with Crippen molar-refractivity contribution in [3.63, 3.8) is 0 Å². The molecule has 0 radical (unpaired) electrons. The zero-order valence-corrected chi connectivity index (χ0v) is 14.3. The van der Waals surface area contributed by atoms with Crippen molar-refractivity contribution in [3.05, 3.63) is 53.3 Å². The van der Waals surface area contributed by atoms with Gasteiger partial charge < -0.3 is 13.9 Å². The van der Waals surface area contributed by atoms with E-state index in [0.29, 0.717) is 35.4 Å². The minimum atomic E-state index is 0.488. The van der Waals surface area contributed by atoms with Crippen LogP contribution in [0.3, 0.4) is 0 Å². The molecule has 0 atom stereocenters. The highest BCUT2D eigenvalue weighted by molar-refractivity contribution is 6.32. The molecule has 5 heteroatoms. The largest absolute Gasteiger partial charge is 0.493 e. The fourth-order valence-electron chi connectivity index (χ4n) is 2.77. The molecule has 0 saturated carbocycles. The molecule has 3 aromatic rings. The van der Waals surface area contributed by atoms with Gasteiger partial charge >= 0.3 is 0 Å². The van der Waals surface area contributed by atoms with Crippen LogP contribution in [0.15, 0.2) is 42.6 Å². The Balaban J connectivity index is 2.25. The van der Waals surface area contributed by atoms with Gasteiger partial charge in [0, 0.05) is 28.9 Å². The standard InChI is InChI=1S/C19H18ClNO3/c1-3-23-18-11-19(24-4-2)16(20)10-15(18)14-9-13-7-5-6-8-21(13)17(14)12-22/h5-12H,3-4H2,1-2H3. The fraction of sp³-hybridized carbons (Fsp3) is 0.211. The first kappa shape index (κ1) is 16.4. The van der Waals surface area contributed by atoms with Crippen LogP contribution in [0.1, 0.15) is 24.3 Å². The highest BCUT2D eigenvalue weighted by Gasteiger charge is 2.18. The molecule has 2 aromatic heterocycles. The number of rotatable bonds is 6. The molecule has 1 aromatic carbocycles. The molecule has 0 aliphatic carbocycles. The Kier molecular flexibility index (Phi) is 4.76. The van der Waals surface area contributed by atoms with Crippen molar-refractivity contribution in [1.82, 2.24) is 4.40 Å². The van der Waals surface area contributed by atoms with Crippen LogP contribution < -0.4 is 9.47 Å². The smallest absolute Gasteiger partial charge is 0.167 e. The maximum Gasteiger partial charge on any atom is 0.167 e. The lowest BCUT2D eigenvalue weighted by Crippen LogP contribution is -1.99. The Hall–Kier alpha value is -2.46. The van der Waals surface area contributed by atoms with Gasteiger partial charge in [0.2, 0.25) is 0 Å². The lowest BCUT2D eigenvalue weighted by molar-refractivity contribution is 0.111. The van der Waals surface area contributed by atoms with Crippen LogP contribution in [0, 0.1) is 0 Å². The number of hydrogen-bond acceptors (Lipinski definition) is 3. The van der Waals surface area contributed by atoms with E-state index >= 15 is 0 Å².